The Balaban J connectivity index is 0.00000289. The molecule has 0 aliphatic rings. The summed E-state index contributed by atoms with van der Waals surface area (Å²) in [4.78, 5) is 13.2. The van der Waals surface area contributed by atoms with Gasteiger partial charge in [0.1, 0.15) is 15.9 Å². The van der Waals surface area contributed by atoms with Crippen LogP contribution in [0.15, 0.2) is 132 Å². The van der Waals surface area contributed by atoms with Crippen molar-refractivity contribution in [3.8, 4) is 0 Å². The Morgan fingerprint density at radius 3 is 1.31 bits per heavy atom. The quantitative estimate of drug-likeness (QED) is 0.424. The van der Waals surface area contributed by atoms with Crippen LogP contribution >= 0.6 is 18.9 Å². The van der Waals surface area contributed by atoms with Crippen LogP contribution in [0.3, 0.4) is 0 Å². The standard InChI is InChI=1S/C27H21ClNOP.ClH/c28-21-26(29-27(30)22-13-5-1-6-14-22)31(23-15-7-2-8-16-23,24-17-9-3-10-18-24)25-19-11-4-12-20-25;/h1-21H;1H. The monoisotopic (exact) mass is 477 g/mol. The minimum atomic E-state index is -2.44. The highest BCUT2D eigenvalue weighted by Gasteiger charge is 2.50. The van der Waals surface area contributed by atoms with Crippen LogP contribution in [0.1, 0.15) is 10.4 Å². The first kappa shape index (κ1) is 23.8. The van der Waals surface area contributed by atoms with Crippen molar-refractivity contribution in [3.63, 3.8) is 0 Å². The average molecular weight is 478 g/mol. The predicted octanol–water partition coefficient (Wildman–Crippen LogP) is 2.45. The Labute approximate surface area is 200 Å². The fourth-order valence-electron chi connectivity index (χ4n) is 3.78. The van der Waals surface area contributed by atoms with Crippen molar-refractivity contribution in [2.75, 3.05) is 0 Å². The number of carbonyl (C=O) groups excluding carboxylic acids is 1. The van der Waals surface area contributed by atoms with E-state index in [-0.39, 0.29) is 18.3 Å². The third-order valence-corrected chi connectivity index (χ3v) is 9.72. The number of hydrogen-bond acceptors (Lipinski definition) is 1. The molecule has 0 saturated carbocycles. The Hall–Kier alpha value is -2.90. The molecule has 2 nitrogen and oxygen atoms in total. The molecule has 0 aliphatic heterocycles. The summed E-state index contributed by atoms with van der Waals surface area (Å²) in [6, 6.07) is 40.1. The van der Waals surface area contributed by atoms with Gasteiger partial charge in [-0.3, -0.25) is 10.1 Å². The second-order valence-electron chi connectivity index (χ2n) is 6.99. The number of halogens is 2. The molecule has 4 aromatic rings. The second kappa shape index (κ2) is 11.1. The number of carbonyl (C=O) groups is 1. The van der Waals surface area contributed by atoms with Crippen LogP contribution in [0, 0.1) is 0 Å². The molecule has 160 valence electrons. The van der Waals surface area contributed by atoms with Gasteiger partial charge in [0.2, 0.25) is 0 Å². The number of benzene rings is 4. The number of rotatable bonds is 6. The fraction of sp³-hybridized carbons (Fsp3) is 0. The van der Waals surface area contributed by atoms with Crippen LogP contribution in [-0.2, 0) is 0 Å². The van der Waals surface area contributed by atoms with Crippen molar-refractivity contribution in [1.82, 2.24) is 5.32 Å². The van der Waals surface area contributed by atoms with Crippen molar-refractivity contribution in [2.45, 2.75) is 0 Å². The molecular formula is C27H22Cl2NOP. The third kappa shape index (κ3) is 4.64. The highest BCUT2D eigenvalue weighted by atomic mass is 35.5. The molecule has 32 heavy (non-hydrogen) atoms. The maximum absolute atomic E-state index is 13.2. The topological polar surface area (TPSA) is 29.1 Å². The predicted molar refractivity (Wildman–Crippen MR) is 133 cm³/mol. The van der Waals surface area contributed by atoms with Gasteiger partial charge in [0.15, 0.2) is 12.7 Å². The average Bonchev–Trinajstić information content (AvgIpc) is 2.86. The molecule has 0 aromatic heterocycles. The zero-order chi connectivity index (χ0) is 21.5. The van der Waals surface area contributed by atoms with Gasteiger partial charge >= 0.3 is 0 Å². The van der Waals surface area contributed by atoms with E-state index in [9.17, 15) is 4.79 Å². The SMILES string of the molecule is O=C(NC(=CCl)[P+](c1ccccc1)(c1ccccc1)c1ccccc1)c1ccccc1.[Cl-]. The minimum Gasteiger partial charge on any atom is -1.00 e. The Bertz CT molecular complexity index is 1070. The van der Waals surface area contributed by atoms with Gasteiger partial charge in [-0.2, -0.15) is 0 Å². The zero-order valence-electron chi connectivity index (χ0n) is 17.2. The van der Waals surface area contributed by atoms with Crippen molar-refractivity contribution >= 4 is 40.7 Å². The zero-order valence-corrected chi connectivity index (χ0v) is 19.6. The Morgan fingerprint density at radius 2 is 0.969 bits per heavy atom. The highest BCUT2D eigenvalue weighted by molar-refractivity contribution is 7.99. The van der Waals surface area contributed by atoms with E-state index in [1.54, 1.807) is 12.1 Å². The van der Waals surface area contributed by atoms with Gasteiger partial charge in [-0.05, 0) is 48.5 Å². The van der Waals surface area contributed by atoms with Gasteiger partial charge in [0.25, 0.3) is 5.91 Å². The molecule has 0 saturated heterocycles. The minimum absolute atomic E-state index is 0. The van der Waals surface area contributed by atoms with Crippen molar-refractivity contribution in [1.29, 1.82) is 0 Å². The van der Waals surface area contributed by atoms with E-state index in [0.717, 1.165) is 15.9 Å². The van der Waals surface area contributed by atoms with Gasteiger partial charge in [-0.25, -0.2) is 0 Å². The highest BCUT2D eigenvalue weighted by Crippen LogP contribution is 2.61. The van der Waals surface area contributed by atoms with E-state index in [1.807, 2.05) is 72.8 Å². The molecule has 0 spiro atoms. The van der Waals surface area contributed by atoms with Gasteiger partial charge < -0.3 is 12.4 Å². The van der Waals surface area contributed by atoms with Crippen LogP contribution in [0.2, 0.25) is 0 Å². The van der Waals surface area contributed by atoms with E-state index in [1.165, 1.54) is 5.54 Å². The third-order valence-electron chi connectivity index (χ3n) is 5.17. The molecule has 0 bridgehead atoms. The Morgan fingerprint density at radius 1 is 0.625 bits per heavy atom. The van der Waals surface area contributed by atoms with E-state index in [0.29, 0.717) is 11.0 Å². The van der Waals surface area contributed by atoms with Crippen molar-refractivity contribution in [2.24, 2.45) is 0 Å². The lowest BCUT2D eigenvalue weighted by molar-refractivity contribution is -0.0000142. The molecule has 0 unspecified atom stereocenters. The van der Waals surface area contributed by atoms with Crippen LogP contribution in [0.4, 0.5) is 0 Å². The molecule has 4 rings (SSSR count). The molecule has 4 aromatic carbocycles. The van der Waals surface area contributed by atoms with E-state index in [4.69, 9.17) is 11.6 Å². The lowest BCUT2D eigenvalue weighted by Gasteiger charge is -2.29. The molecule has 0 fully saturated rings. The molecule has 1 N–H and O–H groups in total. The lowest BCUT2D eigenvalue weighted by Crippen LogP contribution is -3.00. The molecular weight excluding hydrogens is 456 g/mol. The van der Waals surface area contributed by atoms with Crippen LogP contribution < -0.4 is 33.6 Å². The summed E-state index contributed by atoms with van der Waals surface area (Å²) in [6.07, 6.45) is 0. The maximum atomic E-state index is 13.2. The van der Waals surface area contributed by atoms with Crippen LogP contribution in [-0.4, -0.2) is 5.91 Å². The van der Waals surface area contributed by atoms with Crippen LogP contribution in [0.25, 0.3) is 0 Å². The summed E-state index contributed by atoms with van der Waals surface area (Å²) >= 11 is 6.48. The number of hydrogen-bond donors (Lipinski definition) is 1. The summed E-state index contributed by atoms with van der Waals surface area (Å²) in [5, 5.41) is 6.51. The fourth-order valence-corrected chi connectivity index (χ4v) is 8.28. The van der Waals surface area contributed by atoms with Gasteiger partial charge in [0, 0.05) is 5.56 Å². The molecule has 1 amide bonds. The van der Waals surface area contributed by atoms with Gasteiger partial charge in [0.05, 0.1) is 5.54 Å². The lowest BCUT2D eigenvalue weighted by atomic mass is 10.2. The molecule has 0 aliphatic carbocycles. The summed E-state index contributed by atoms with van der Waals surface area (Å²) in [6.45, 7) is 0. The van der Waals surface area contributed by atoms with Gasteiger partial charge in [-0.15, -0.1) is 0 Å². The first-order valence-corrected chi connectivity index (χ1v) is 12.2. The normalized spacial score (nSPS) is 11.3. The second-order valence-corrected chi connectivity index (χ2v) is 10.6. The largest absolute Gasteiger partial charge is 1.00 e. The van der Waals surface area contributed by atoms with E-state index in [2.05, 4.69) is 41.7 Å². The first-order valence-electron chi connectivity index (χ1n) is 10.00. The molecule has 5 heteroatoms. The molecule has 0 heterocycles. The van der Waals surface area contributed by atoms with Gasteiger partial charge in [-0.1, -0.05) is 84.4 Å². The summed E-state index contributed by atoms with van der Waals surface area (Å²) in [7, 11) is -2.44. The van der Waals surface area contributed by atoms with Crippen molar-refractivity contribution < 1.29 is 17.2 Å². The van der Waals surface area contributed by atoms with E-state index < -0.39 is 7.26 Å². The summed E-state index contributed by atoms with van der Waals surface area (Å²) in [5.41, 5.74) is 2.82. The van der Waals surface area contributed by atoms with Crippen molar-refractivity contribution in [3.05, 3.63) is 138 Å². The van der Waals surface area contributed by atoms with Crippen LogP contribution in [0.5, 0.6) is 0 Å². The molecule has 0 radical (unpaired) electrons. The Kier molecular flexibility index (Phi) is 8.25. The number of nitrogens with one attached hydrogen (secondary N) is 1. The smallest absolute Gasteiger partial charge is 0.258 e. The number of amides is 1. The summed E-state index contributed by atoms with van der Waals surface area (Å²) in [5.74, 6) is -0.181. The summed E-state index contributed by atoms with van der Waals surface area (Å²) < 4.78 is 0. The van der Waals surface area contributed by atoms with E-state index >= 15 is 0 Å². The first-order chi connectivity index (χ1) is 15.3. The maximum Gasteiger partial charge on any atom is 0.258 e. The molecule has 0 atom stereocenters.